The van der Waals surface area contributed by atoms with Gasteiger partial charge in [-0.05, 0) is 83.2 Å². The van der Waals surface area contributed by atoms with Gasteiger partial charge in [0.2, 0.25) is 0 Å². The molecule has 0 spiro atoms. The monoisotopic (exact) mass is 796 g/mol. The molecule has 292 valence electrons. The number of azide groups is 1. The Morgan fingerprint density at radius 3 is 1.51 bits per heavy atom. The molecular weight excluding hydrogens is 747 g/mol. The highest BCUT2D eigenvalue weighted by atomic mass is 35.5. The maximum absolute atomic E-state index is 12.5. The molecule has 3 N–H and O–H groups in total. The van der Waals surface area contributed by atoms with Gasteiger partial charge in [-0.1, -0.05) is 64.7 Å². The predicted octanol–water partition coefficient (Wildman–Crippen LogP) is 6.98. The van der Waals surface area contributed by atoms with E-state index < -0.39 is 19.7 Å². The summed E-state index contributed by atoms with van der Waals surface area (Å²) in [7, 11) is 0. The number of hydrogen-bond acceptors (Lipinski definition) is 9. The molecule has 0 radical (unpaired) electrons. The number of hydrogen-bond donors (Lipinski definition) is 2. The number of amides is 2. The van der Waals surface area contributed by atoms with Crippen LogP contribution in [0.4, 0.5) is 0 Å². The van der Waals surface area contributed by atoms with E-state index in [9.17, 15) is 9.59 Å². The average molecular weight is 798 g/mol. The lowest BCUT2D eigenvalue weighted by atomic mass is 10.0. The number of morpholine rings is 2. The first-order valence-corrected chi connectivity index (χ1v) is 18.2. The lowest BCUT2D eigenvalue weighted by molar-refractivity contribution is 0.0301. The topological polar surface area (TPSA) is 173 Å². The number of halogens is 2. The third-order valence-electron chi connectivity index (χ3n) is 8.04. The molecule has 2 heterocycles. The van der Waals surface area contributed by atoms with Gasteiger partial charge in [0.25, 0.3) is 11.8 Å². The molecule has 0 bridgehead atoms. The second kappa shape index (κ2) is 23.2. The maximum Gasteiger partial charge on any atom is 0.254 e. The SMILES string of the molecule is CCO.[2H]C([2H])(CN)Oc1ccc(-c2ccc(C(=O)N3CCOCC3)cc2)cc1Cl.[2H]C([2H])(CN=[N+]=[N-])Oc1ccc(-c2ccc(C(=O)N3CCOCC3)cc2)cc1Cl. The first-order chi connectivity index (χ1) is 28.2. The van der Waals surface area contributed by atoms with Crippen molar-refractivity contribution < 1.29 is 39.1 Å². The summed E-state index contributed by atoms with van der Waals surface area (Å²) in [5, 5.41) is 11.3. The fourth-order valence-corrected chi connectivity index (χ4v) is 5.76. The molecule has 0 aliphatic carbocycles. The Morgan fingerprint density at radius 2 is 1.15 bits per heavy atom. The van der Waals surface area contributed by atoms with Crippen molar-refractivity contribution in [1.82, 2.24) is 9.80 Å². The molecule has 4 aromatic carbocycles. The van der Waals surface area contributed by atoms with E-state index in [2.05, 4.69) is 10.0 Å². The van der Waals surface area contributed by atoms with Crippen molar-refractivity contribution in [2.45, 2.75) is 6.92 Å². The van der Waals surface area contributed by atoms with Crippen molar-refractivity contribution in [3.8, 4) is 33.8 Å². The fraction of sp³-hybridized carbons (Fsp3) is 0.350. The largest absolute Gasteiger partial charge is 0.492 e. The Hall–Kier alpha value is -4.85. The summed E-state index contributed by atoms with van der Waals surface area (Å²) in [6, 6.07) is 24.5. The highest BCUT2D eigenvalue weighted by molar-refractivity contribution is 6.32. The summed E-state index contributed by atoms with van der Waals surface area (Å²) in [4.78, 5) is 31.1. The molecule has 13 nitrogen and oxygen atoms in total. The minimum atomic E-state index is -2.17. The van der Waals surface area contributed by atoms with Crippen molar-refractivity contribution in [3.05, 3.63) is 117 Å². The summed E-state index contributed by atoms with van der Waals surface area (Å²) in [5.41, 5.74) is 18.3. The molecule has 2 fully saturated rings. The summed E-state index contributed by atoms with van der Waals surface area (Å²) in [6.07, 6.45) is 0. The van der Waals surface area contributed by atoms with Crippen LogP contribution >= 0.6 is 23.2 Å². The van der Waals surface area contributed by atoms with Crippen LogP contribution in [-0.2, 0) is 9.47 Å². The zero-order chi connectivity index (χ0) is 43.0. The number of rotatable bonds is 11. The highest BCUT2D eigenvalue weighted by Gasteiger charge is 2.20. The van der Waals surface area contributed by atoms with Gasteiger partial charge in [0, 0.05) is 55.4 Å². The van der Waals surface area contributed by atoms with Gasteiger partial charge in [-0.2, -0.15) is 0 Å². The van der Waals surface area contributed by atoms with Crippen LogP contribution in [0.15, 0.2) is 90.0 Å². The Balaban J connectivity index is 0.000000245. The van der Waals surface area contributed by atoms with Gasteiger partial charge >= 0.3 is 0 Å². The van der Waals surface area contributed by atoms with Gasteiger partial charge in [0.15, 0.2) is 0 Å². The molecule has 0 aromatic heterocycles. The Labute approximate surface area is 336 Å². The average Bonchev–Trinajstić information content (AvgIpc) is 3.25. The van der Waals surface area contributed by atoms with Crippen LogP contribution in [0, 0.1) is 0 Å². The Morgan fingerprint density at radius 1 is 0.764 bits per heavy atom. The van der Waals surface area contributed by atoms with E-state index in [-0.39, 0.29) is 41.5 Å². The van der Waals surface area contributed by atoms with Gasteiger partial charge < -0.3 is 39.6 Å². The van der Waals surface area contributed by atoms with Gasteiger partial charge in [-0.3, -0.25) is 9.59 Å². The van der Waals surface area contributed by atoms with E-state index in [1.54, 1.807) is 77.4 Å². The van der Waals surface area contributed by atoms with E-state index >= 15 is 0 Å². The summed E-state index contributed by atoms with van der Waals surface area (Å²) < 4.78 is 51.6. The third kappa shape index (κ3) is 13.2. The lowest BCUT2D eigenvalue weighted by Gasteiger charge is -2.26. The van der Waals surface area contributed by atoms with Gasteiger partial charge in [-0.25, -0.2) is 0 Å². The molecule has 0 atom stereocenters. The number of carbonyl (C=O) groups excluding carboxylic acids is 2. The minimum absolute atomic E-state index is 0.00403. The third-order valence-corrected chi connectivity index (χ3v) is 8.63. The molecule has 2 amide bonds. The van der Waals surface area contributed by atoms with Crippen molar-refractivity contribution in [1.29, 1.82) is 0 Å². The smallest absolute Gasteiger partial charge is 0.254 e. The molecule has 0 unspecified atom stereocenters. The van der Waals surface area contributed by atoms with Crippen molar-refractivity contribution >= 4 is 35.0 Å². The molecule has 2 saturated heterocycles. The number of aliphatic hydroxyl groups excluding tert-OH is 1. The van der Waals surface area contributed by atoms with E-state index in [1.165, 1.54) is 0 Å². The Kier molecular flexibility index (Phi) is 15.6. The van der Waals surface area contributed by atoms with Crippen LogP contribution in [-0.4, -0.2) is 112 Å². The van der Waals surface area contributed by atoms with E-state index in [0.29, 0.717) is 68.8 Å². The maximum atomic E-state index is 12.5. The number of benzene rings is 4. The van der Waals surface area contributed by atoms with Gasteiger partial charge in [0.05, 0.1) is 55.1 Å². The van der Waals surface area contributed by atoms with Crippen LogP contribution in [0.5, 0.6) is 11.5 Å². The molecule has 0 saturated carbocycles. The highest BCUT2D eigenvalue weighted by Crippen LogP contribution is 2.32. The number of nitrogens with zero attached hydrogens (tertiary/aromatic N) is 5. The minimum Gasteiger partial charge on any atom is -0.492 e. The molecule has 4 aromatic rings. The molecule has 2 aliphatic heterocycles. The van der Waals surface area contributed by atoms with Crippen LogP contribution in [0.1, 0.15) is 33.1 Å². The van der Waals surface area contributed by atoms with Crippen LogP contribution in [0.3, 0.4) is 0 Å². The van der Waals surface area contributed by atoms with Crippen molar-refractivity contribution in [2.75, 3.05) is 85.4 Å². The number of nitrogens with two attached hydrogens (primary N) is 1. The zero-order valence-corrected chi connectivity index (χ0v) is 31.8. The molecule has 15 heteroatoms. The Bertz CT molecular complexity index is 2050. The second-order valence-electron chi connectivity index (χ2n) is 11.7. The second-order valence-corrected chi connectivity index (χ2v) is 12.5. The van der Waals surface area contributed by atoms with E-state index in [0.717, 1.165) is 22.3 Å². The quantitative estimate of drug-likeness (QED) is 0.0929. The standard InChI is InChI=1S/C19H19ClN4O3.C19H21ClN2O3.C2H6O/c20-17-13-16(5-6-18(17)27-10-7-22-23-21)14-1-3-15(4-2-14)19(25)24-8-11-26-12-9-24;20-17-13-16(5-6-18(17)25-10-7-21)14-1-3-15(4-2-14)19(23)22-8-11-24-12-9-22;1-2-3/h1-6,13H,7-12H2;1-6,13H,7-12,21H2;3H,2H2,1H3/i2*10D2;. The first-order valence-electron chi connectivity index (χ1n) is 19.4. The lowest BCUT2D eigenvalue weighted by Crippen LogP contribution is -2.40. The van der Waals surface area contributed by atoms with Gasteiger partial charge in [-0.15, -0.1) is 0 Å². The van der Waals surface area contributed by atoms with Crippen molar-refractivity contribution in [3.63, 3.8) is 0 Å². The number of aliphatic hydroxyl groups is 1. The number of ether oxygens (including phenoxy) is 4. The molecular formula is C40H46Cl2N6O7. The van der Waals surface area contributed by atoms with E-state index in [1.807, 2.05) is 24.3 Å². The summed E-state index contributed by atoms with van der Waals surface area (Å²) >= 11 is 12.5. The van der Waals surface area contributed by atoms with E-state index in [4.69, 9.17) is 64.0 Å². The molecule has 2 aliphatic rings. The summed E-state index contributed by atoms with van der Waals surface area (Å²) in [6.45, 7) is 1.67. The fourth-order valence-electron chi connectivity index (χ4n) is 5.32. The number of carbonyl (C=O) groups is 2. The summed E-state index contributed by atoms with van der Waals surface area (Å²) in [5.74, 6) is 0.349. The molecule has 6 rings (SSSR count). The zero-order valence-electron chi connectivity index (χ0n) is 34.3. The normalized spacial score (nSPS) is 15.2. The predicted molar refractivity (Wildman–Crippen MR) is 214 cm³/mol. The van der Waals surface area contributed by atoms with Gasteiger partial charge in [0.1, 0.15) is 18.1 Å². The van der Waals surface area contributed by atoms with Crippen molar-refractivity contribution in [2.24, 2.45) is 10.8 Å². The first kappa shape index (κ1) is 37.1. The molecule has 55 heavy (non-hydrogen) atoms. The van der Waals surface area contributed by atoms with Crippen LogP contribution < -0.4 is 15.2 Å². The van der Waals surface area contributed by atoms with Crippen LogP contribution in [0.25, 0.3) is 32.7 Å². The van der Waals surface area contributed by atoms with Crippen LogP contribution in [0.2, 0.25) is 10.0 Å².